The Hall–Kier alpha value is -2.22. The van der Waals surface area contributed by atoms with E-state index < -0.39 is 0 Å². The molecule has 1 fully saturated rings. The van der Waals surface area contributed by atoms with Crippen LogP contribution in [-0.4, -0.2) is 38.5 Å². The van der Waals surface area contributed by atoms with Crippen molar-refractivity contribution >= 4 is 28.3 Å². The minimum atomic E-state index is -0.314. The Kier molecular flexibility index (Phi) is 4.66. The van der Waals surface area contributed by atoms with Gasteiger partial charge in [0.15, 0.2) is 5.13 Å². The molecule has 2 unspecified atom stereocenters. The Balaban J connectivity index is 1.83. The molecule has 0 aromatic carbocycles. The Morgan fingerprint density at radius 1 is 1.42 bits per heavy atom. The van der Waals surface area contributed by atoms with Crippen LogP contribution in [0.5, 0.6) is 0 Å². The maximum absolute atomic E-state index is 12.8. The monoisotopic (exact) mass is 347 g/mol. The van der Waals surface area contributed by atoms with Crippen molar-refractivity contribution in [2.45, 2.75) is 32.2 Å². The Morgan fingerprint density at radius 2 is 2.21 bits per heavy atom. The fraction of sp³-hybridized carbons (Fsp3) is 0.500. The number of carbonyl (C=O) groups is 2. The second-order valence-corrected chi connectivity index (χ2v) is 7.13. The van der Waals surface area contributed by atoms with Crippen LogP contribution in [0.25, 0.3) is 0 Å². The SMILES string of the molecule is CCc1cnc(NC(=O)C2CCC(=O)N(C)C2c2cnn(C)c2)s1. The topological polar surface area (TPSA) is 80.1 Å². The van der Waals surface area contributed by atoms with Crippen LogP contribution in [0, 0.1) is 5.92 Å². The first-order chi connectivity index (χ1) is 11.5. The molecule has 2 amide bonds. The van der Waals surface area contributed by atoms with E-state index in [1.165, 1.54) is 11.3 Å². The van der Waals surface area contributed by atoms with Gasteiger partial charge in [-0.1, -0.05) is 6.92 Å². The van der Waals surface area contributed by atoms with E-state index in [0.29, 0.717) is 18.0 Å². The third kappa shape index (κ3) is 3.19. The molecule has 2 atom stereocenters. The van der Waals surface area contributed by atoms with Crippen LogP contribution in [0.15, 0.2) is 18.6 Å². The second-order valence-electron chi connectivity index (χ2n) is 6.02. The molecule has 8 heteroatoms. The summed E-state index contributed by atoms with van der Waals surface area (Å²) in [5.41, 5.74) is 0.876. The van der Waals surface area contributed by atoms with Crippen LogP contribution >= 0.6 is 11.3 Å². The first kappa shape index (κ1) is 16.6. The van der Waals surface area contributed by atoms with Crippen LogP contribution in [-0.2, 0) is 23.1 Å². The van der Waals surface area contributed by atoms with Crippen molar-refractivity contribution in [3.05, 3.63) is 29.0 Å². The third-order valence-electron chi connectivity index (χ3n) is 4.40. The number of nitrogens with zero attached hydrogens (tertiary/aromatic N) is 4. The van der Waals surface area contributed by atoms with Crippen molar-refractivity contribution in [1.29, 1.82) is 0 Å². The molecule has 0 bridgehead atoms. The van der Waals surface area contributed by atoms with Crippen molar-refractivity contribution < 1.29 is 9.59 Å². The number of likely N-dealkylation sites (tertiary alicyclic amines) is 1. The zero-order chi connectivity index (χ0) is 17.3. The first-order valence-corrected chi connectivity index (χ1v) is 8.81. The lowest BCUT2D eigenvalue weighted by Gasteiger charge is -2.37. The van der Waals surface area contributed by atoms with Gasteiger partial charge in [-0.3, -0.25) is 14.3 Å². The highest BCUT2D eigenvalue weighted by molar-refractivity contribution is 7.15. The predicted molar refractivity (Wildman–Crippen MR) is 91.6 cm³/mol. The molecule has 2 aromatic rings. The van der Waals surface area contributed by atoms with Crippen molar-refractivity contribution in [2.75, 3.05) is 12.4 Å². The highest BCUT2D eigenvalue weighted by Crippen LogP contribution is 2.36. The maximum atomic E-state index is 12.8. The van der Waals surface area contributed by atoms with Gasteiger partial charge < -0.3 is 10.2 Å². The lowest BCUT2D eigenvalue weighted by Crippen LogP contribution is -2.44. The summed E-state index contributed by atoms with van der Waals surface area (Å²) in [5, 5.41) is 7.70. The number of thiazole rings is 1. The summed E-state index contributed by atoms with van der Waals surface area (Å²) in [6, 6.07) is -0.300. The molecule has 1 aliphatic heterocycles. The molecule has 7 nitrogen and oxygen atoms in total. The molecule has 0 radical (unpaired) electrons. The molecule has 3 rings (SSSR count). The van der Waals surface area contributed by atoms with E-state index in [4.69, 9.17) is 0 Å². The molecule has 0 aliphatic carbocycles. The van der Waals surface area contributed by atoms with Gasteiger partial charge >= 0.3 is 0 Å². The van der Waals surface area contributed by atoms with Gasteiger partial charge in [0.05, 0.1) is 18.2 Å². The minimum absolute atomic E-state index is 0.0513. The summed E-state index contributed by atoms with van der Waals surface area (Å²) in [6.07, 6.45) is 7.17. The van der Waals surface area contributed by atoms with Crippen LogP contribution in [0.4, 0.5) is 5.13 Å². The zero-order valence-corrected chi connectivity index (χ0v) is 14.8. The predicted octanol–water partition coefficient (Wildman–Crippen LogP) is 1.99. The number of anilines is 1. The van der Waals surface area contributed by atoms with Gasteiger partial charge in [0, 0.05) is 43.4 Å². The molecule has 128 valence electrons. The lowest BCUT2D eigenvalue weighted by atomic mass is 9.85. The number of rotatable bonds is 4. The Labute approximate surface area is 144 Å². The molecule has 0 saturated carbocycles. The molecule has 1 N–H and O–H groups in total. The molecular formula is C16H21N5O2S. The van der Waals surface area contributed by atoms with E-state index in [1.807, 2.05) is 13.2 Å². The van der Waals surface area contributed by atoms with Crippen molar-refractivity contribution in [3.8, 4) is 0 Å². The van der Waals surface area contributed by atoms with Gasteiger partial charge in [-0.2, -0.15) is 5.10 Å². The largest absolute Gasteiger partial charge is 0.338 e. The van der Waals surface area contributed by atoms with Crippen LogP contribution in [0.1, 0.15) is 36.2 Å². The van der Waals surface area contributed by atoms with E-state index in [0.717, 1.165) is 16.9 Å². The van der Waals surface area contributed by atoms with Crippen LogP contribution in [0.2, 0.25) is 0 Å². The normalized spacial score (nSPS) is 21.1. The van der Waals surface area contributed by atoms with Gasteiger partial charge in [-0.05, 0) is 12.8 Å². The number of aryl methyl sites for hydroxylation is 2. The molecule has 24 heavy (non-hydrogen) atoms. The van der Waals surface area contributed by atoms with E-state index in [9.17, 15) is 9.59 Å². The highest BCUT2D eigenvalue weighted by Gasteiger charge is 2.39. The summed E-state index contributed by atoms with van der Waals surface area (Å²) in [6.45, 7) is 2.05. The number of hydrogen-bond acceptors (Lipinski definition) is 5. The zero-order valence-electron chi connectivity index (χ0n) is 14.0. The molecule has 3 heterocycles. The number of nitrogens with one attached hydrogen (secondary N) is 1. The minimum Gasteiger partial charge on any atom is -0.338 e. The number of piperidine rings is 1. The second kappa shape index (κ2) is 6.72. The van der Waals surface area contributed by atoms with Crippen molar-refractivity contribution in [1.82, 2.24) is 19.7 Å². The average molecular weight is 347 g/mol. The van der Waals surface area contributed by atoms with Crippen molar-refractivity contribution in [2.24, 2.45) is 13.0 Å². The van der Waals surface area contributed by atoms with E-state index >= 15 is 0 Å². The number of aromatic nitrogens is 3. The van der Waals surface area contributed by atoms with Crippen molar-refractivity contribution in [3.63, 3.8) is 0 Å². The number of hydrogen-bond donors (Lipinski definition) is 1. The summed E-state index contributed by atoms with van der Waals surface area (Å²) in [7, 11) is 3.57. The van der Waals surface area contributed by atoms with Gasteiger partial charge in [-0.25, -0.2) is 4.98 Å². The smallest absolute Gasteiger partial charge is 0.231 e. The summed E-state index contributed by atoms with van der Waals surface area (Å²) < 4.78 is 1.69. The molecule has 2 aromatic heterocycles. The summed E-state index contributed by atoms with van der Waals surface area (Å²) in [4.78, 5) is 31.9. The van der Waals surface area contributed by atoms with E-state index in [-0.39, 0.29) is 23.8 Å². The highest BCUT2D eigenvalue weighted by atomic mass is 32.1. The first-order valence-electron chi connectivity index (χ1n) is 7.99. The standard InChI is InChI=1S/C16H21N5O2S/c1-4-11-8-17-16(24-11)19-15(23)12-5-6-13(22)21(3)14(12)10-7-18-20(2)9-10/h7-9,12,14H,4-6H2,1-3H3,(H,17,19,23). The fourth-order valence-electron chi connectivity index (χ4n) is 3.09. The maximum Gasteiger partial charge on any atom is 0.231 e. The Morgan fingerprint density at radius 3 is 2.83 bits per heavy atom. The molecule has 1 aliphatic rings. The van der Waals surface area contributed by atoms with Crippen LogP contribution in [0.3, 0.4) is 0 Å². The van der Waals surface area contributed by atoms with Gasteiger partial charge in [0.1, 0.15) is 0 Å². The fourth-order valence-corrected chi connectivity index (χ4v) is 3.84. The van der Waals surface area contributed by atoms with Crippen LogP contribution < -0.4 is 5.32 Å². The summed E-state index contributed by atoms with van der Waals surface area (Å²) in [5.74, 6) is -0.360. The average Bonchev–Trinajstić information content (AvgIpc) is 3.18. The number of amides is 2. The molecular weight excluding hydrogens is 326 g/mol. The van der Waals surface area contributed by atoms with Gasteiger partial charge in [0.2, 0.25) is 11.8 Å². The van der Waals surface area contributed by atoms with Gasteiger partial charge in [-0.15, -0.1) is 11.3 Å². The van der Waals surface area contributed by atoms with Gasteiger partial charge in [0.25, 0.3) is 0 Å². The summed E-state index contributed by atoms with van der Waals surface area (Å²) >= 11 is 1.49. The third-order valence-corrected chi connectivity index (χ3v) is 5.45. The number of carbonyl (C=O) groups excluding carboxylic acids is 2. The van der Waals surface area contributed by atoms with E-state index in [1.54, 1.807) is 29.0 Å². The molecule has 0 spiro atoms. The Bertz CT molecular complexity index is 753. The quantitative estimate of drug-likeness (QED) is 0.917. The van der Waals surface area contributed by atoms with E-state index in [2.05, 4.69) is 22.3 Å². The molecule has 1 saturated heterocycles. The lowest BCUT2D eigenvalue weighted by molar-refractivity contribution is -0.140.